The van der Waals surface area contributed by atoms with Gasteiger partial charge in [0.1, 0.15) is 18.3 Å². The highest BCUT2D eigenvalue weighted by Gasteiger charge is 2.33. The lowest BCUT2D eigenvalue weighted by Crippen LogP contribution is -2.54. The zero-order valence-electron chi connectivity index (χ0n) is 22.0. The van der Waals surface area contributed by atoms with E-state index in [1.165, 1.54) is 12.0 Å². The predicted octanol–water partition coefficient (Wildman–Crippen LogP) is 5.02. The van der Waals surface area contributed by atoms with Crippen molar-refractivity contribution in [2.24, 2.45) is 0 Å². The van der Waals surface area contributed by atoms with Crippen molar-refractivity contribution in [3.05, 3.63) is 58.1 Å². The first-order chi connectivity index (χ1) is 18.0. The topological polar surface area (TPSA) is 96.0 Å². The van der Waals surface area contributed by atoms with Gasteiger partial charge in [-0.25, -0.2) is 8.42 Å². The Kier molecular flexibility index (Phi) is 10.7. The number of methoxy groups -OCH3 is 1. The number of rotatable bonds is 11. The van der Waals surface area contributed by atoms with Crippen LogP contribution < -0.4 is 14.4 Å². The van der Waals surface area contributed by atoms with Gasteiger partial charge in [0.15, 0.2) is 0 Å². The van der Waals surface area contributed by atoms with Crippen LogP contribution in [0.1, 0.15) is 51.0 Å². The molecule has 208 valence electrons. The van der Waals surface area contributed by atoms with Crippen LogP contribution in [0, 0.1) is 0 Å². The molecule has 0 heterocycles. The van der Waals surface area contributed by atoms with E-state index in [0.29, 0.717) is 27.8 Å². The van der Waals surface area contributed by atoms with Gasteiger partial charge in [0.05, 0.1) is 29.1 Å². The van der Waals surface area contributed by atoms with Crippen molar-refractivity contribution in [1.82, 2.24) is 10.2 Å². The molecule has 8 nitrogen and oxygen atoms in total. The van der Waals surface area contributed by atoms with Crippen molar-refractivity contribution in [2.45, 2.75) is 64.1 Å². The quantitative estimate of drug-likeness (QED) is 0.400. The number of nitrogens with zero attached hydrogens (tertiary/aromatic N) is 2. The summed E-state index contributed by atoms with van der Waals surface area (Å²) in [6, 6.07) is 10.8. The van der Waals surface area contributed by atoms with Gasteiger partial charge in [-0.1, -0.05) is 67.6 Å². The lowest BCUT2D eigenvalue weighted by molar-refractivity contribution is -0.140. The average Bonchev–Trinajstić information content (AvgIpc) is 2.89. The highest BCUT2D eigenvalue weighted by Crippen LogP contribution is 2.30. The molecule has 2 amide bonds. The number of amides is 2. The van der Waals surface area contributed by atoms with Crippen LogP contribution in [0.25, 0.3) is 0 Å². The van der Waals surface area contributed by atoms with Crippen LogP contribution in [0.5, 0.6) is 5.75 Å². The number of halogens is 2. The Hall–Kier alpha value is -2.49. The predicted molar refractivity (Wildman–Crippen MR) is 151 cm³/mol. The second kappa shape index (κ2) is 13.5. The number of ether oxygens (including phenoxy) is 1. The molecule has 1 fully saturated rings. The first-order valence-electron chi connectivity index (χ1n) is 12.7. The number of para-hydroxylation sites is 2. The maximum atomic E-state index is 13.9. The van der Waals surface area contributed by atoms with Gasteiger partial charge >= 0.3 is 0 Å². The monoisotopic (exact) mass is 583 g/mol. The van der Waals surface area contributed by atoms with Crippen LogP contribution in [0.2, 0.25) is 10.0 Å². The molecule has 1 aliphatic rings. The standard InChI is InChI=1S/C27H35Cl2N3O5S/c1-4-23(27(34)30-20-10-6-5-7-11-20)31(17-19-14-15-21(28)22(29)16-19)26(33)18-32(38(3,35)36)24-12-8-9-13-25(24)37-2/h8-9,12-16,20,23H,4-7,10-11,17-18H2,1-3H3,(H,30,34). The number of carbonyl (C=O) groups is 2. The van der Waals surface area contributed by atoms with Crippen molar-refractivity contribution in [3.8, 4) is 5.75 Å². The molecule has 0 radical (unpaired) electrons. The average molecular weight is 585 g/mol. The molecule has 1 N–H and O–H groups in total. The summed E-state index contributed by atoms with van der Waals surface area (Å²) in [4.78, 5) is 28.7. The molecular formula is C27H35Cl2N3O5S. The smallest absolute Gasteiger partial charge is 0.244 e. The molecule has 0 aromatic heterocycles. The SMILES string of the molecule is CCC(C(=O)NC1CCCCC1)N(Cc1ccc(Cl)c(Cl)c1)C(=O)CN(c1ccccc1OC)S(C)(=O)=O. The summed E-state index contributed by atoms with van der Waals surface area (Å²) >= 11 is 12.3. The summed E-state index contributed by atoms with van der Waals surface area (Å²) in [6.07, 6.45) is 6.43. The van der Waals surface area contributed by atoms with Crippen LogP contribution in [-0.4, -0.2) is 57.1 Å². The van der Waals surface area contributed by atoms with Crippen molar-refractivity contribution in [1.29, 1.82) is 0 Å². The highest BCUT2D eigenvalue weighted by atomic mass is 35.5. The van der Waals surface area contributed by atoms with Crippen LogP contribution in [0.3, 0.4) is 0 Å². The molecule has 1 atom stereocenters. The minimum Gasteiger partial charge on any atom is -0.495 e. The second-order valence-corrected chi connectivity index (χ2v) is 12.2. The number of hydrogen-bond acceptors (Lipinski definition) is 5. The summed E-state index contributed by atoms with van der Waals surface area (Å²) in [5.41, 5.74) is 0.903. The largest absolute Gasteiger partial charge is 0.495 e. The lowest BCUT2D eigenvalue weighted by atomic mass is 9.95. The van der Waals surface area contributed by atoms with Crippen molar-refractivity contribution in [2.75, 3.05) is 24.2 Å². The summed E-state index contributed by atoms with van der Waals surface area (Å²) in [7, 11) is -2.44. The van der Waals surface area contributed by atoms with Gasteiger partial charge in [-0.15, -0.1) is 0 Å². The molecule has 3 rings (SSSR count). The van der Waals surface area contributed by atoms with E-state index in [9.17, 15) is 18.0 Å². The molecule has 2 aromatic carbocycles. The van der Waals surface area contributed by atoms with Gasteiger partial charge in [-0.3, -0.25) is 13.9 Å². The van der Waals surface area contributed by atoms with E-state index < -0.39 is 28.5 Å². The first kappa shape index (κ1) is 30.1. The molecule has 1 saturated carbocycles. The van der Waals surface area contributed by atoms with Gasteiger partial charge in [0, 0.05) is 12.6 Å². The Morgan fingerprint density at radius 1 is 1.08 bits per heavy atom. The summed E-state index contributed by atoms with van der Waals surface area (Å²) in [6.45, 7) is 1.37. The van der Waals surface area contributed by atoms with E-state index >= 15 is 0 Å². The van der Waals surface area contributed by atoms with E-state index in [-0.39, 0.29) is 24.2 Å². The maximum absolute atomic E-state index is 13.9. The summed E-state index contributed by atoms with van der Waals surface area (Å²) in [5, 5.41) is 3.81. The van der Waals surface area contributed by atoms with Gasteiger partial charge in [0.25, 0.3) is 0 Å². The number of benzene rings is 2. The normalized spacial score (nSPS) is 15.0. The molecule has 1 unspecified atom stereocenters. The van der Waals surface area contributed by atoms with Gasteiger partial charge < -0.3 is 15.0 Å². The maximum Gasteiger partial charge on any atom is 0.244 e. The van der Waals surface area contributed by atoms with E-state index in [1.807, 2.05) is 6.92 Å². The van der Waals surface area contributed by atoms with Crippen molar-refractivity contribution >= 4 is 50.7 Å². The fraction of sp³-hybridized carbons (Fsp3) is 0.481. The molecular weight excluding hydrogens is 549 g/mol. The second-order valence-electron chi connectivity index (χ2n) is 9.48. The lowest BCUT2D eigenvalue weighted by Gasteiger charge is -2.34. The Labute approximate surface area is 235 Å². The van der Waals surface area contributed by atoms with E-state index in [1.54, 1.807) is 42.5 Å². The third kappa shape index (κ3) is 7.77. The van der Waals surface area contributed by atoms with E-state index in [2.05, 4.69) is 5.32 Å². The number of hydrogen-bond donors (Lipinski definition) is 1. The molecule has 0 bridgehead atoms. The molecule has 0 aliphatic heterocycles. The number of nitrogens with one attached hydrogen (secondary N) is 1. The molecule has 38 heavy (non-hydrogen) atoms. The first-order valence-corrected chi connectivity index (χ1v) is 15.3. The van der Waals surface area contributed by atoms with Crippen LogP contribution in [0.4, 0.5) is 5.69 Å². The summed E-state index contributed by atoms with van der Waals surface area (Å²) in [5.74, 6) is -0.474. The third-order valence-corrected chi connectivity index (χ3v) is 8.57. The number of sulfonamides is 1. The van der Waals surface area contributed by atoms with Crippen LogP contribution >= 0.6 is 23.2 Å². The Balaban J connectivity index is 1.96. The molecule has 0 saturated heterocycles. The van der Waals surface area contributed by atoms with Crippen LogP contribution in [0.15, 0.2) is 42.5 Å². The van der Waals surface area contributed by atoms with Crippen molar-refractivity contribution < 1.29 is 22.7 Å². The molecule has 11 heteroatoms. The molecule has 0 spiro atoms. The van der Waals surface area contributed by atoms with Crippen molar-refractivity contribution in [3.63, 3.8) is 0 Å². The van der Waals surface area contributed by atoms with Gasteiger partial charge in [-0.05, 0) is 49.1 Å². The Bertz CT molecular complexity index is 1230. The minimum absolute atomic E-state index is 0.0514. The third-order valence-electron chi connectivity index (χ3n) is 6.71. The highest BCUT2D eigenvalue weighted by molar-refractivity contribution is 7.92. The fourth-order valence-corrected chi connectivity index (χ4v) is 5.90. The molecule has 1 aliphatic carbocycles. The molecule has 2 aromatic rings. The number of carbonyl (C=O) groups excluding carboxylic acids is 2. The zero-order valence-corrected chi connectivity index (χ0v) is 24.3. The van der Waals surface area contributed by atoms with Gasteiger partial charge in [0.2, 0.25) is 21.8 Å². The Morgan fingerprint density at radius 3 is 2.37 bits per heavy atom. The Morgan fingerprint density at radius 2 is 1.76 bits per heavy atom. The van der Waals surface area contributed by atoms with Gasteiger partial charge in [-0.2, -0.15) is 0 Å². The summed E-state index contributed by atoms with van der Waals surface area (Å²) < 4.78 is 32.0. The van der Waals surface area contributed by atoms with E-state index in [0.717, 1.165) is 42.7 Å². The fourth-order valence-electron chi connectivity index (χ4n) is 4.73. The number of anilines is 1. The zero-order chi connectivity index (χ0) is 27.9. The van der Waals surface area contributed by atoms with Crippen LogP contribution in [-0.2, 0) is 26.2 Å². The minimum atomic E-state index is -3.87. The van der Waals surface area contributed by atoms with E-state index in [4.69, 9.17) is 27.9 Å².